The van der Waals surface area contributed by atoms with Crippen LogP contribution in [-0.2, 0) is 6.42 Å². The standard InChI is InChI=1S/C15H17N3O2/c1-3-10-4-5-13(14(8-10)19-2)20-11-6-7-18-12(9-11)15(16)17/h4-9H,3H2,1-2H3,(H3,16,17). The van der Waals surface area contributed by atoms with Gasteiger partial charge in [-0.15, -0.1) is 0 Å². The Balaban J connectivity index is 2.29. The molecule has 1 heterocycles. The number of ether oxygens (including phenoxy) is 2. The summed E-state index contributed by atoms with van der Waals surface area (Å²) in [7, 11) is 1.61. The number of methoxy groups -OCH3 is 1. The molecular formula is C15H17N3O2. The highest BCUT2D eigenvalue weighted by atomic mass is 16.5. The fourth-order valence-electron chi connectivity index (χ4n) is 1.77. The van der Waals surface area contributed by atoms with Gasteiger partial charge >= 0.3 is 0 Å². The van der Waals surface area contributed by atoms with Gasteiger partial charge in [-0.05, 0) is 30.2 Å². The van der Waals surface area contributed by atoms with E-state index in [1.54, 1.807) is 25.4 Å². The number of aromatic nitrogens is 1. The molecule has 0 unspecified atom stereocenters. The monoisotopic (exact) mass is 271 g/mol. The van der Waals surface area contributed by atoms with Gasteiger partial charge in [-0.1, -0.05) is 13.0 Å². The molecule has 0 radical (unpaired) electrons. The lowest BCUT2D eigenvalue weighted by Gasteiger charge is -2.12. The highest BCUT2D eigenvalue weighted by Crippen LogP contribution is 2.32. The van der Waals surface area contributed by atoms with Crippen molar-refractivity contribution in [2.24, 2.45) is 5.73 Å². The minimum absolute atomic E-state index is 0.0938. The fourth-order valence-corrected chi connectivity index (χ4v) is 1.77. The number of hydrogen-bond acceptors (Lipinski definition) is 4. The molecule has 2 aromatic rings. The second kappa shape index (κ2) is 6.06. The predicted molar refractivity (Wildman–Crippen MR) is 77.7 cm³/mol. The van der Waals surface area contributed by atoms with Gasteiger partial charge in [0.15, 0.2) is 11.5 Å². The fraction of sp³-hybridized carbons (Fsp3) is 0.200. The van der Waals surface area contributed by atoms with Crippen LogP contribution in [-0.4, -0.2) is 17.9 Å². The van der Waals surface area contributed by atoms with Crippen molar-refractivity contribution < 1.29 is 9.47 Å². The molecule has 0 saturated carbocycles. The van der Waals surface area contributed by atoms with Crippen LogP contribution in [0.25, 0.3) is 0 Å². The number of nitrogen functional groups attached to an aromatic ring is 1. The molecule has 5 heteroatoms. The first-order valence-electron chi connectivity index (χ1n) is 6.29. The maximum atomic E-state index is 7.38. The summed E-state index contributed by atoms with van der Waals surface area (Å²) >= 11 is 0. The summed E-state index contributed by atoms with van der Waals surface area (Å²) in [5.41, 5.74) is 6.97. The minimum Gasteiger partial charge on any atom is -0.493 e. The smallest absolute Gasteiger partial charge is 0.169 e. The van der Waals surface area contributed by atoms with Gasteiger partial charge in [-0.3, -0.25) is 10.4 Å². The van der Waals surface area contributed by atoms with E-state index < -0.39 is 0 Å². The van der Waals surface area contributed by atoms with Crippen molar-refractivity contribution in [1.29, 1.82) is 5.41 Å². The Bertz CT molecular complexity index is 626. The Labute approximate surface area is 117 Å². The molecule has 1 aromatic heterocycles. The number of hydrogen-bond donors (Lipinski definition) is 2. The van der Waals surface area contributed by atoms with Crippen LogP contribution in [0, 0.1) is 5.41 Å². The van der Waals surface area contributed by atoms with Crippen LogP contribution in [0.1, 0.15) is 18.2 Å². The average Bonchev–Trinajstić information content (AvgIpc) is 2.48. The lowest BCUT2D eigenvalue weighted by Crippen LogP contribution is -2.12. The number of pyridine rings is 1. The molecular weight excluding hydrogens is 254 g/mol. The van der Waals surface area contributed by atoms with Crippen LogP contribution in [0.15, 0.2) is 36.5 Å². The Morgan fingerprint density at radius 3 is 2.70 bits per heavy atom. The molecule has 0 amide bonds. The molecule has 0 bridgehead atoms. The Morgan fingerprint density at radius 1 is 1.25 bits per heavy atom. The third-order valence-corrected chi connectivity index (χ3v) is 2.87. The maximum absolute atomic E-state index is 7.38. The highest BCUT2D eigenvalue weighted by molar-refractivity contribution is 5.93. The van der Waals surface area contributed by atoms with E-state index in [-0.39, 0.29) is 5.84 Å². The molecule has 1 aromatic carbocycles. The molecule has 0 atom stereocenters. The number of aryl methyl sites for hydroxylation is 1. The van der Waals surface area contributed by atoms with Gasteiger partial charge in [0.2, 0.25) is 0 Å². The van der Waals surface area contributed by atoms with Crippen LogP contribution >= 0.6 is 0 Å². The summed E-state index contributed by atoms with van der Waals surface area (Å²) in [5, 5.41) is 7.38. The molecule has 0 saturated heterocycles. The summed E-state index contributed by atoms with van der Waals surface area (Å²) in [5.74, 6) is 1.76. The lowest BCUT2D eigenvalue weighted by atomic mass is 10.1. The first-order chi connectivity index (χ1) is 9.63. The van der Waals surface area contributed by atoms with Gasteiger partial charge in [0.1, 0.15) is 17.3 Å². The first-order valence-corrected chi connectivity index (χ1v) is 6.29. The maximum Gasteiger partial charge on any atom is 0.169 e. The normalized spacial score (nSPS) is 10.1. The summed E-state index contributed by atoms with van der Waals surface area (Å²) in [6.07, 6.45) is 2.49. The van der Waals surface area contributed by atoms with E-state index in [2.05, 4.69) is 11.9 Å². The topological polar surface area (TPSA) is 81.2 Å². The largest absolute Gasteiger partial charge is 0.493 e. The van der Waals surface area contributed by atoms with Crippen molar-refractivity contribution in [3.8, 4) is 17.2 Å². The Kier molecular flexibility index (Phi) is 4.20. The van der Waals surface area contributed by atoms with Crippen LogP contribution in [0.4, 0.5) is 0 Å². The SMILES string of the molecule is CCc1ccc(Oc2ccnc(C(=N)N)c2)c(OC)c1. The summed E-state index contributed by atoms with van der Waals surface area (Å²) in [6.45, 7) is 2.08. The van der Waals surface area contributed by atoms with Crippen molar-refractivity contribution >= 4 is 5.84 Å². The van der Waals surface area contributed by atoms with Gasteiger partial charge in [-0.2, -0.15) is 0 Å². The van der Waals surface area contributed by atoms with Gasteiger partial charge < -0.3 is 15.2 Å². The molecule has 0 spiro atoms. The van der Waals surface area contributed by atoms with Gasteiger partial charge in [0.05, 0.1) is 7.11 Å². The second-order valence-corrected chi connectivity index (χ2v) is 4.23. The molecule has 0 aliphatic carbocycles. The molecule has 20 heavy (non-hydrogen) atoms. The number of rotatable bonds is 5. The zero-order valence-corrected chi connectivity index (χ0v) is 11.5. The van der Waals surface area contributed by atoms with Crippen molar-refractivity contribution in [2.75, 3.05) is 7.11 Å². The van der Waals surface area contributed by atoms with Crippen molar-refractivity contribution in [3.05, 3.63) is 47.8 Å². The highest BCUT2D eigenvalue weighted by Gasteiger charge is 2.08. The van der Waals surface area contributed by atoms with Crippen LogP contribution in [0.5, 0.6) is 17.2 Å². The molecule has 5 nitrogen and oxygen atoms in total. The number of benzene rings is 1. The molecule has 0 aliphatic rings. The van der Waals surface area contributed by atoms with Gasteiger partial charge in [0, 0.05) is 12.3 Å². The molecule has 2 rings (SSSR count). The first kappa shape index (κ1) is 13.9. The van der Waals surface area contributed by atoms with E-state index in [4.69, 9.17) is 20.6 Å². The minimum atomic E-state index is -0.0938. The average molecular weight is 271 g/mol. The number of nitrogens with one attached hydrogen (secondary N) is 1. The van der Waals surface area contributed by atoms with E-state index in [1.807, 2.05) is 18.2 Å². The molecule has 3 N–H and O–H groups in total. The zero-order valence-electron chi connectivity index (χ0n) is 11.5. The number of amidine groups is 1. The van der Waals surface area contributed by atoms with E-state index in [1.165, 1.54) is 5.56 Å². The zero-order chi connectivity index (χ0) is 14.5. The summed E-state index contributed by atoms with van der Waals surface area (Å²) in [6, 6.07) is 9.13. The molecule has 0 fully saturated rings. The predicted octanol–water partition coefficient (Wildman–Crippen LogP) is 2.73. The lowest BCUT2D eigenvalue weighted by molar-refractivity contribution is 0.378. The van der Waals surface area contributed by atoms with Crippen LogP contribution in [0.2, 0.25) is 0 Å². The Hall–Kier alpha value is -2.56. The summed E-state index contributed by atoms with van der Waals surface area (Å²) in [4.78, 5) is 3.99. The van der Waals surface area contributed by atoms with E-state index in [9.17, 15) is 0 Å². The van der Waals surface area contributed by atoms with E-state index >= 15 is 0 Å². The second-order valence-electron chi connectivity index (χ2n) is 4.23. The van der Waals surface area contributed by atoms with Crippen molar-refractivity contribution in [3.63, 3.8) is 0 Å². The molecule has 104 valence electrons. The Morgan fingerprint density at radius 2 is 2.05 bits per heavy atom. The van der Waals surface area contributed by atoms with E-state index in [0.717, 1.165) is 6.42 Å². The number of nitrogens with zero attached hydrogens (tertiary/aromatic N) is 1. The van der Waals surface area contributed by atoms with Crippen LogP contribution < -0.4 is 15.2 Å². The summed E-state index contributed by atoms with van der Waals surface area (Å²) < 4.78 is 11.1. The van der Waals surface area contributed by atoms with Crippen LogP contribution in [0.3, 0.4) is 0 Å². The van der Waals surface area contributed by atoms with E-state index in [0.29, 0.717) is 22.9 Å². The van der Waals surface area contributed by atoms with Crippen molar-refractivity contribution in [2.45, 2.75) is 13.3 Å². The number of nitrogens with two attached hydrogens (primary N) is 1. The van der Waals surface area contributed by atoms with Gasteiger partial charge in [0.25, 0.3) is 0 Å². The van der Waals surface area contributed by atoms with Crippen molar-refractivity contribution in [1.82, 2.24) is 4.98 Å². The molecule has 0 aliphatic heterocycles. The quantitative estimate of drug-likeness (QED) is 0.647. The third kappa shape index (κ3) is 3.06. The third-order valence-electron chi connectivity index (χ3n) is 2.87. The van der Waals surface area contributed by atoms with Gasteiger partial charge in [-0.25, -0.2) is 0 Å².